The van der Waals surface area contributed by atoms with E-state index in [1.54, 1.807) is 0 Å². The van der Waals surface area contributed by atoms with Crippen molar-refractivity contribution in [3.05, 3.63) is 0 Å². The fourth-order valence-corrected chi connectivity index (χ4v) is 4.08. The van der Waals surface area contributed by atoms with Gasteiger partial charge in [0.05, 0.1) is 0 Å². The molecule has 1 amide bonds. The summed E-state index contributed by atoms with van der Waals surface area (Å²) in [6, 6.07) is 0.0307. The molecule has 0 aromatic rings. The third-order valence-corrected chi connectivity index (χ3v) is 5.00. The maximum atomic E-state index is 11.8. The van der Waals surface area contributed by atoms with Crippen LogP contribution in [-0.2, 0) is 4.79 Å². The lowest BCUT2D eigenvalue weighted by Crippen LogP contribution is -2.58. The van der Waals surface area contributed by atoms with Crippen LogP contribution in [0.5, 0.6) is 0 Å². The molecule has 4 nitrogen and oxygen atoms in total. The number of rotatable bonds is 1. The van der Waals surface area contributed by atoms with Gasteiger partial charge in [-0.2, -0.15) is 16.9 Å². The number of hydrazone groups is 1. The van der Waals surface area contributed by atoms with E-state index in [1.807, 2.05) is 11.8 Å². The Balaban J connectivity index is 1.80. The zero-order chi connectivity index (χ0) is 11.7. The van der Waals surface area contributed by atoms with Gasteiger partial charge >= 0.3 is 0 Å². The second kappa shape index (κ2) is 4.88. The van der Waals surface area contributed by atoms with E-state index in [0.29, 0.717) is 5.92 Å². The third-order valence-electron chi connectivity index (χ3n) is 3.98. The lowest BCUT2D eigenvalue weighted by molar-refractivity contribution is -0.125. The van der Waals surface area contributed by atoms with Crippen LogP contribution in [0.1, 0.15) is 32.1 Å². The van der Waals surface area contributed by atoms with Crippen LogP contribution >= 0.6 is 11.8 Å². The highest BCUT2D eigenvalue weighted by Gasteiger charge is 2.37. The summed E-state index contributed by atoms with van der Waals surface area (Å²) in [5.74, 6) is 3.86. The minimum atomic E-state index is 0.0307. The van der Waals surface area contributed by atoms with Gasteiger partial charge in [-0.1, -0.05) is 19.3 Å². The standard InChI is InChI=1S/C12H19N3OS/c16-12-10-8-17-7-6-15(10)11(13-14-12)9-4-2-1-3-5-9/h9-10H,1-8H2,(H,14,16). The number of hydrogen-bond donors (Lipinski definition) is 1. The van der Waals surface area contributed by atoms with Crippen molar-refractivity contribution in [3.8, 4) is 0 Å². The van der Waals surface area contributed by atoms with Gasteiger partial charge in [0.1, 0.15) is 11.9 Å². The molecule has 2 heterocycles. The van der Waals surface area contributed by atoms with Crippen molar-refractivity contribution in [1.29, 1.82) is 0 Å². The highest BCUT2D eigenvalue weighted by molar-refractivity contribution is 7.99. The normalized spacial score (nSPS) is 30.6. The molecule has 17 heavy (non-hydrogen) atoms. The monoisotopic (exact) mass is 253 g/mol. The molecule has 2 fully saturated rings. The molecular formula is C12H19N3OS. The van der Waals surface area contributed by atoms with E-state index < -0.39 is 0 Å². The molecule has 0 aromatic carbocycles. The smallest absolute Gasteiger partial charge is 0.263 e. The predicted octanol–water partition coefficient (Wildman–Crippen LogP) is 1.43. The van der Waals surface area contributed by atoms with Gasteiger partial charge in [-0.15, -0.1) is 0 Å². The van der Waals surface area contributed by atoms with E-state index in [9.17, 15) is 4.79 Å². The molecule has 3 aliphatic rings. The molecule has 1 saturated carbocycles. The van der Waals surface area contributed by atoms with Crippen molar-refractivity contribution >= 4 is 23.5 Å². The van der Waals surface area contributed by atoms with Crippen molar-refractivity contribution in [2.75, 3.05) is 18.1 Å². The zero-order valence-corrected chi connectivity index (χ0v) is 10.8. The number of carbonyl (C=O) groups excluding carboxylic acids is 1. The van der Waals surface area contributed by atoms with Crippen molar-refractivity contribution < 1.29 is 4.79 Å². The number of carbonyl (C=O) groups is 1. The van der Waals surface area contributed by atoms with Gasteiger partial charge in [-0.25, -0.2) is 5.43 Å². The minimum absolute atomic E-state index is 0.0307. The first-order chi connectivity index (χ1) is 8.36. The Kier molecular flexibility index (Phi) is 3.27. The molecule has 5 heteroatoms. The van der Waals surface area contributed by atoms with Crippen LogP contribution in [0.2, 0.25) is 0 Å². The van der Waals surface area contributed by atoms with Crippen LogP contribution in [0.3, 0.4) is 0 Å². The van der Waals surface area contributed by atoms with E-state index in [4.69, 9.17) is 0 Å². The van der Waals surface area contributed by atoms with Gasteiger partial charge in [0, 0.05) is 24.0 Å². The van der Waals surface area contributed by atoms with Crippen LogP contribution < -0.4 is 5.43 Å². The van der Waals surface area contributed by atoms with Crippen molar-refractivity contribution in [3.63, 3.8) is 0 Å². The molecule has 0 aromatic heterocycles. The molecule has 1 N–H and O–H groups in total. The van der Waals surface area contributed by atoms with E-state index in [2.05, 4.69) is 15.4 Å². The molecule has 1 atom stereocenters. The molecule has 0 bridgehead atoms. The summed E-state index contributed by atoms with van der Waals surface area (Å²) in [7, 11) is 0. The Morgan fingerprint density at radius 1 is 1.29 bits per heavy atom. The molecule has 94 valence electrons. The van der Waals surface area contributed by atoms with Gasteiger partial charge in [0.2, 0.25) is 0 Å². The predicted molar refractivity (Wildman–Crippen MR) is 70.0 cm³/mol. The molecule has 1 aliphatic carbocycles. The maximum Gasteiger partial charge on any atom is 0.263 e. The number of amides is 1. The van der Waals surface area contributed by atoms with Gasteiger partial charge in [0.25, 0.3) is 5.91 Å². The van der Waals surface area contributed by atoms with Crippen LogP contribution in [0, 0.1) is 5.92 Å². The summed E-state index contributed by atoms with van der Waals surface area (Å²) >= 11 is 1.88. The van der Waals surface area contributed by atoms with Gasteiger partial charge in [-0.3, -0.25) is 4.79 Å². The van der Waals surface area contributed by atoms with Crippen LogP contribution in [0.15, 0.2) is 5.10 Å². The first-order valence-corrected chi connectivity index (χ1v) is 7.73. The summed E-state index contributed by atoms with van der Waals surface area (Å²) in [4.78, 5) is 14.1. The average molecular weight is 253 g/mol. The highest BCUT2D eigenvalue weighted by Crippen LogP contribution is 2.29. The fourth-order valence-electron chi connectivity index (χ4n) is 3.03. The zero-order valence-electron chi connectivity index (χ0n) is 10.0. The van der Waals surface area contributed by atoms with Crippen LogP contribution in [0.4, 0.5) is 0 Å². The Labute approximate surface area is 106 Å². The van der Waals surface area contributed by atoms with E-state index in [-0.39, 0.29) is 11.9 Å². The maximum absolute atomic E-state index is 11.8. The summed E-state index contributed by atoms with van der Waals surface area (Å²) in [6.45, 7) is 0.984. The largest absolute Gasteiger partial charge is 0.345 e. The summed E-state index contributed by atoms with van der Waals surface area (Å²) in [5.41, 5.74) is 2.72. The van der Waals surface area contributed by atoms with Crippen molar-refractivity contribution in [2.45, 2.75) is 38.1 Å². The number of fused-ring (bicyclic) bond motifs is 1. The van der Waals surface area contributed by atoms with Crippen molar-refractivity contribution in [1.82, 2.24) is 10.3 Å². The summed E-state index contributed by atoms with van der Waals surface area (Å²) in [5, 5.41) is 4.35. The van der Waals surface area contributed by atoms with Gasteiger partial charge in [-0.05, 0) is 12.8 Å². The topological polar surface area (TPSA) is 44.7 Å². The Morgan fingerprint density at radius 2 is 2.12 bits per heavy atom. The molecule has 0 radical (unpaired) electrons. The van der Waals surface area contributed by atoms with Gasteiger partial charge < -0.3 is 4.90 Å². The average Bonchev–Trinajstić information content (AvgIpc) is 2.41. The number of thioether (sulfide) groups is 1. The van der Waals surface area contributed by atoms with E-state index in [1.165, 1.54) is 32.1 Å². The summed E-state index contributed by atoms with van der Waals surface area (Å²) < 4.78 is 0. The number of amidine groups is 1. The molecular weight excluding hydrogens is 234 g/mol. The Bertz CT molecular complexity index is 339. The number of nitrogens with zero attached hydrogens (tertiary/aromatic N) is 2. The first kappa shape index (κ1) is 11.4. The molecule has 0 spiro atoms. The van der Waals surface area contributed by atoms with E-state index >= 15 is 0 Å². The molecule has 1 unspecified atom stereocenters. The highest BCUT2D eigenvalue weighted by atomic mass is 32.2. The Hall–Kier alpha value is -0.710. The molecule has 2 aliphatic heterocycles. The van der Waals surface area contributed by atoms with E-state index in [0.717, 1.165) is 23.9 Å². The van der Waals surface area contributed by atoms with Crippen LogP contribution in [-0.4, -0.2) is 40.7 Å². The Morgan fingerprint density at radius 3 is 2.94 bits per heavy atom. The summed E-state index contributed by atoms with van der Waals surface area (Å²) in [6.07, 6.45) is 6.46. The quantitative estimate of drug-likeness (QED) is 0.769. The first-order valence-electron chi connectivity index (χ1n) is 6.58. The molecule has 1 saturated heterocycles. The lowest BCUT2D eigenvalue weighted by atomic mass is 9.87. The van der Waals surface area contributed by atoms with Gasteiger partial charge in [0.15, 0.2) is 0 Å². The fraction of sp³-hybridized carbons (Fsp3) is 0.833. The SMILES string of the molecule is O=C1NN=C(C2CCCCC2)N2CCSCC12. The lowest BCUT2D eigenvalue weighted by Gasteiger charge is -2.42. The number of hydrogen-bond acceptors (Lipinski definition) is 4. The van der Waals surface area contributed by atoms with Crippen molar-refractivity contribution in [2.24, 2.45) is 11.0 Å². The minimum Gasteiger partial charge on any atom is -0.345 e. The third kappa shape index (κ3) is 2.17. The number of nitrogens with one attached hydrogen (secondary N) is 1. The second-order valence-electron chi connectivity index (χ2n) is 5.07. The molecule has 3 rings (SSSR count). The second-order valence-corrected chi connectivity index (χ2v) is 6.21. The van der Waals surface area contributed by atoms with Crippen LogP contribution in [0.25, 0.3) is 0 Å².